The highest BCUT2D eigenvalue weighted by atomic mass is 16.5. The molecule has 3 aromatic carbocycles. The maximum Gasteiger partial charge on any atom is 0.120 e. The normalized spacial score (nSPS) is 15.7. The molecular weight excluding hydrogens is 346 g/mol. The summed E-state index contributed by atoms with van der Waals surface area (Å²) in [6.45, 7) is 1.35. The summed E-state index contributed by atoms with van der Waals surface area (Å²) in [6.07, 6.45) is 3.38. The summed E-state index contributed by atoms with van der Waals surface area (Å²) in [5.74, 6) is 2.44. The van der Waals surface area contributed by atoms with Crippen molar-refractivity contribution in [3.8, 4) is 22.6 Å². The number of hydrogen-bond donors (Lipinski definition) is 1. The van der Waals surface area contributed by atoms with E-state index in [0.29, 0.717) is 12.5 Å². The molecule has 3 nitrogen and oxygen atoms in total. The molecule has 0 saturated heterocycles. The fourth-order valence-electron chi connectivity index (χ4n) is 3.86. The molecule has 0 spiro atoms. The van der Waals surface area contributed by atoms with Gasteiger partial charge in [-0.3, -0.25) is 0 Å². The van der Waals surface area contributed by atoms with E-state index in [0.717, 1.165) is 42.0 Å². The Morgan fingerprint density at radius 3 is 2.54 bits per heavy atom. The van der Waals surface area contributed by atoms with Crippen LogP contribution in [0.3, 0.4) is 0 Å². The molecule has 1 aliphatic carbocycles. The van der Waals surface area contributed by atoms with Crippen molar-refractivity contribution in [2.45, 2.75) is 25.9 Å². The van der Waals surface area contributed by atoms with Crippen LogP contribution in [-0.2, 0) is 19.4 Å². The first-order valence-electron chi connectivity index (χ1n) is 9.93. The van der Waals surface area contributed by atoms with Crippen LogP contribution in [0.4, 0.5) is 0 Å². The first kappa shape index (κ1) is 18.6. The molecule has 0 radical (unpaired) electrons. The maximum absolute atomic E-state index is 6.05. The van der Waals surface area contributed by atoms with Gasteiger partial charge in [-0.2, -0.15) is 0 Å². The van der Waals surface area contributed by atoms with Crippen molar-refractivity contribution in [3.63, 3.8) is 0 Å². The third kappa shape index (κ3) is 4.20. The average Bonchev–Trinajstić information content (AvgIpc) is 2.77. The second kappa shape index (κ2) is 8.49. The molecule has 0 aromatic heterocycles. The fraction of sp³-hybridized carbons (Fsp3) is 0.280. The zero-order valence-electron chi connectivity index (χ0n) is 16.4. The fourth-order valence-corrected chi connectivity index (χ4v) is 3.86. The van der Waals surface area contributed by atoms with Crippen LogP contribution >= 0.6 is 0 Å². The lowest BCUT2D eigenvalue weighted by Crippen LogP contribution is -2.22. The summed E-state index contributed by atoms with van der Waals surface area (Å²) in [5.41, 5.74) is 12.2. The molecule has 144 valence electrons. The lowest BCUT2D eigenvalue weighted by Gasteiger charge is -2.23. The molecule has 4 rings (SSSR count). The van der Waals surface area contributed by atoms with Crippen LogP contribution in [0.25, 0.3) is 11.1 Å². The third-order valence-corrected chi connectivity index (χ3v) is 5.60. The van der Waals surface area contributed by atoms with E-state index >= 15 is 0 Å². The smallest absolute Gasteiger partial charge is 0.120 e. The molecule has 0 saturated carbocycles. The molecule has 1 atom stereocenters. The van der Waals surface area contributed by atoms with Gasteiger partial charge in [0.15, 0.2) is 0 Å². The standard InChI is InChI=1S/C25H27NO2/c1-27-24-4-2-3-21(14-24)20-8-5-18(6-9-20)17-28-25-12-11-22-13-19(16-26)7-10-23(22)15-25/h2-6,8-9,11-12,14-15,19H,7,10,13,16-17,26H2,1H3. The van der Waals surface area contributed by atoms with Crippen molar-refractivity contribution in [2.75, 3.05) is 13.7 Å². The van der Waals surface area contributed by atoms with Crippen molar-refractivity contribution in [2.24, 2.45) is 11.7 Å². The molecule has 3 aromatic rings. The Labute approximate surface area is 167 Å². The molecule has 0 bridgehead atoms. The Bertz CT molecular complexity index is 934. The summed E-state index contributed by atoms with van der Waals surface area (Å²) >= 11 is 0. The van der Waals surface area contributed by atoms with Gasteiger partial charge in [-0.1, -0.05) is 42.5 Å². The SMILES string of the molecule is COc1cccc(-c2ccc(COc3ccc4c(c3)CCC(CN)C4)cc2)c1. The number of hydrogen-bond acceptors (Lipinski definition) is 3. The zero-order chi connectivity index (χ0) is 19.3. The lowest BCUT2D eigenvalue weighted by atomic mass is 9.84. The van der Waals surface area contributed by atoms with Gasteiger partial charge in [-0.15, -0.1) is 0 Å². The Balaban J connectivity index is 1.40. The highest BCUT2D eigenvalue weighted by molar-refractivity contribution is 5.65. The van der Waals surface area contributed by atoms with E-state index in [1.807, 2.05) is 18.2 Å². The van der Waals surface area contributed by atoms with Gasteiger partial charge in [0.05, 0.1) is 7.11 Å². The van der Waals surface area contributed by atoms with E-state index in [4.69, 9.17) is 15.2 Å². The van der Waals surface area contributed by atoms with E-state index in [-0.39, 0.29) is 0 Å². The van der Waals surface area contributed by atoms with Crippen LogP contribution in [0.15, 0.2) is 66.7 Å². The third-order valence-electron chi connectivity index (χ3n) is 5.60. The van der Waals surface area contributed by atoms with Crippen LogP contribution < -0.4 is 15.2 Å². The van der Waals surface area contributed by atoms with Crippen LogP contribution in [-0.4, -0.2) is 13.7 Å². The Morgan fingerprint density at radius 2 is 1.75 bits per heavy atom. The maximum atomic E-state index is 6.05. The second-order valence-electron chi connectivity index (χ2n) is 7.49. The summed E-state index contributed by atoms with van der Waals surface area (Å²) in [5, 5.41) is 0. The molecule has 28 heavy (non-hydrogen) atoms. The molecule has 2 N–H and O–H groups in total. The molecule has 1 aliphatic rings. The largest absolute Gasteiger partial charge is 0.497 e. The molecule has 0 aliphatic heterocycles. The van der Waals surface area contributed by atoms with E-state index in [9.17, 15) is 0 Å². The Kier molecular flexibility index (Phi) is 5.63. The van der Waals surface area contributed by atoms with Crippen LogP contribution in [0.2, 0.25) is 0 Å². The van der Waals surface area contributed by atoms with Gasteiger partial charge < -0.3 is 15.2 Å². The van der Waals surface area contributed by atoms with Gasteiger partial charge >= 0.3 is 0 Å². The van der Waals surface area contributed by atoms with Crippen molar-refractivity contribution < 1.29 is 9.47 Å². The quantitative estimate of drug-likeness (QED) is 0.661. The summed E-state index contributed by atoms with van der Waals surface area (Å²) in [7, 11) is 1.69. The van der Waals surface area contributed by atoms with Gasteiger partial charge in [-0.25, -0.2) is 0 Å². The minimum absolute atomic E-state index is 0.572. The highest BCUT2D eigenvalue weighted by Crippen LogP contribution is 2.29. The van der Waals surface area contributed by atoms with Gasteiger partial charge in [0.25, 0.3) is 0 Å². The molecule has 0 amide bonds. The summed E-state index contributed by atoms with van der Waals surface area (Å²) in [6, 6.07) is 23.1. The van der Waals surface area contributed by atoms with Crippen molar-refractivity contribution >= 4 is 0 Å². The van der Waals surface area contributed by atoms with Crippen molar-refractivity contribution in [1.29, 1.82) is 0 Å². The summed E-state index contributed by atoms with van der Waals surface area (Å²) in [4.78, 5) is 0. The van der Waals surface area contributed by atoms with Crippen LogP contribution in [0.1, 0.15) is 23.1 Å². The minimum atomic E-state index is 0.572. The number of ether oxygens (including phenoxy) is 2. The molecule has 0 fully saturated rings. The predicted molar refractivity (Wildman–Crippen MR) is 114 cm³/mol. The zero-order valence-corrected chi connectivity index (χ0v) is 16.4. The minimum Gasteiger partial charge on any atom is -0.497 e. The Hall–Kier alpha value is -2.78. The number of nitrogens with two attached hydrogens (primary N) is 1. The molecule has 1 unspecified atom stereocenters. The lowest BCUT2D eigenvalue weighted by molar-refractivity contribution is 0.305. The van der Waals surface area contributed by atoms with Crippen molar-refractivity contribution in [3.05, 3.63) is 83.4 Å². The van der Waals surface area contributed by atoms with Crippen LogP contribution in [0.5, 0.6) is 11.5 Å². The van der Waals surface area contributed by atoms with Gasteiger partial charge in [0, 0.05) is 0 Å². The van der Waals surface area contributed by atoms with E-state index in [1.165, 1.54) is 23.1 Å². The molecule has 3 heteroatoms. The number of rotatable bonds is 6. The number of fused-ring (bicyclic) bond motifs is 1. The average molecular weight is 373 g/mol. The van der Waals surface area contributed by atoms with E-state index in [1.54, 1.807) is 7.11 Å². The first-order chi connectivity index (χ1) is 13.7. The topological polar surface area (TPSA) is 44.5 Å². The molecule has 0 heterocycles. The van der Waals surface area contributed by atoms with E-state index in [2.05, 4.69) is 48.5 Å². The first-order valence-corrected chi connectivity index (χ1v) is 9.93. The molecular formula is C25H27NO2. The number of benzene rings is 3. The Morgan fingerprint density at radius 1 is 0.893 bits per heavy atom. The number of aryl methyl sites for hydroxylation is 1. The highest BCUT2D eigenvalue weighted by Gasteiger charge is 2.17. The van der Waals surface area contributed by atoms with Crippen LogP contribution in [0, 0.1) is 5.92 Å². The second-order valence-corrected chi connectivity index (χ2v) is 7.49. The van der Waals surface area contributed by atoms with Crippen molar-refractivity contribution in [1.82, 2.24) is 0 Å². The monoisotopic (exact) mass is 373 g/mol. The van der Waals surface area contributed by atoms with Gasteiger partial charge in [0.2, 0.25) is 0 Å². The van der Waals surface area contributed by atoms with Gasteiger partial charge in [-0.05, 0) is 83.8 Å². The van der Waals surface area contributed by atoms with E-state index < -0.39 is 0 Å². The predicted octanol–water partition coefficient (Wildman–Crippen LogP) is 5.00. The summed E-state index contributed by atoms with van der Waals surface area (Å²) < 4.78 is 11.4. The number of methoxy groups -OCH3 is 1. The van der Waals surface area contributed by atoms with Gasteiger partial charge in [0.1, 0.15) is 18.1 Å².